The molecule has 124 valence electrons. The van der Waals surface area contributed by atoms with E-state index in [0.717, 1.165) is 16.9 Å². The van der Waals surface area contributed by atoms with E-state index in [0.29, 0.717) is 29.5 Å². The van der Waals surface area contributed by atoms with Crippen LogP contribution in [0, 0.1) is 0 Å². The van der Waals surface area contributed by atoms with E-state index in [-0.39, 0.29) is 5.92 Å². The molecule has 0 aromatic heterocycles. The predicted molar refractivity (Wildman–Crippen MR) is 93.0 cm³/mol. The van der Waals surface area contributed by atoms with Crippen LogP contribution in [0.25, 0.3) is 0 Å². The van der Waals surface area contributed by atoms with Gasteiger partial charge >= 0.3 is 0 Å². The zero-order valence-electron chi connectivity index (χ0n) is 13.6. The fraction of sp³-hybridized carbons (Fsp3) is 0.333. The van der Waals surface area contributed by atoms with Crippen LogP contribution in [-0.4, -0.2) is 27.9 Å². The number of nitrogens with two attached hydrogens (primary N) is 1. The first kappa shape index (κ1) is 17.4. The summed E-state index contributed by atoms with van der Waals surface area (Å²) in [7, 11) is 4.82. The number of methoxy groups -OCH3 is 3. The van der Waals surface area contributed by atoms with Crippen molar-refractivity contribution in [1.82, 2.24) is 0 Å². The van der Waals surface area contributed by atoms with Gasteiger partial charge in [-0.05, 0) is 42.3 Å². The van der Waals surface area contributed by atoms with Gasteiger partial charge in [0.05, 0.1) is 26.4 Å². The molecular formula is C18H22ClNO3. The quantitative estimate of drug-likeness (QED) is 0.839. The van der Waals surface area contributed by atoms with Gasteiger partial charge in [-0.2, -0.15) is 0 Å². The lowest BCUT2D eigenvalue weighted by Gasteiger charge is -2.19. The number of ether oxygens (including phenoxy) is 3. The zero-order chi connectivity index (χ0) is 16.8. The Labute approximate surface area is 142 Å². The van der Waals surface area contributed by atoms with Gasteiger partial charge in [0.2, 0.25) is 0 Å². The second-order valence-corrected chi connectivity index (χ2v) is 5.57. The zero-order valence-corrected chi connectivity index (χ0v) is 14.4. The molecule has 0 aliphatic heterocycles. The highest BCUT2D eigenvalue weighted by molar-refractivity contribution is 6.33. The summed E-state index contributed by atoms with van der Waals surface area (Å²) in [6.45, 7) is 0.512. The van der Waals surface area contributed by atoms with Crippen molar-refractivity contribution in [3.8, 4) is 17.2 Å². The average molecular weight is 336 g/mol. The maximum atomic E-state index is 6.47. The second-order valence-electron chi connectivity index (χ2n) is 5.19. The molecule has 0 aliphatic carbocycles. The normalized spacial score (nSPS) is 11.9. The van der Waals surface area contributed by atoms with Gasteiger partial charge in [-0.15, -0.1) is 0 Å². The van der Waals surface area contributed by atoms with Crippen LogP contribution in [0.3, 0.4) is 0 Å². The Morgan fingerprint density at radius 3 is 2.43 bits per heavy atom. The maximum absolute atomic E-state index is 6.47. The van der Waals surface area contributed by atoms with Gasteiger partial charge in [-0.25, -0.2) is 0 Å². The molecule has 23 heavy (non-hydrogen) atoms. The second kappa shape index (κ2) is 8.09. The van der Waals surface area contributed by atoms with Crippen molar-refractivity contribution in [2.45, 2.75) is 12.3 Å². The van der Waals surface area contributed by atoms with Gasteiger partial charge < -0.3 is 19.9 Å². The van der Waals surface area contributed by atoms with E-state index < -0.39 is 0 Å². The molecule has 0 fully saturated rings. The summed E-state index contributed by atoms with van der Waals surface area (Å²) >= 11 is 6.47. The number of benzene rings is 2. The lowest BCUT2D eigenvalue weighted by atomic mass is 9.91. The van der Waals surface area contributed by atoms with Crippen LogP contribution < -0.4 is 19.9 Å². The minimum Gasteiger partial charge on any atom is -0.497 e. The third-order valence-electron chi connectivity index (χ3n) is 3.88. The highest BCUT2D eigenvalue weighted by Crippen LogP contribution is 2.39. The molecule has 5 heteroatoms. The Morgan fingerprint density at radius 1 is 1.04 bits per heavy atom. The van der Waals surface area contributed by atoms with Crippen molar-refractivity contribution in [2.75, 3.05) is 27.9 Å². The van der Waals surface area contributed by atoms with Gasteiger partial charge in [0.1, 0.15) is 5.75 Å². The molecule has 2 aromatic carbocycles. The van der Waals surface area contributed by atoms with E-state index in [4.69, 9.17) is 31.5 Å². The number of hydrogen-bond donors (Lipinski definition) is 1. The molecule has 0 aliphatic rings. The first-order chi connectivity index (χ1) is 11.1. The average Bonchev–Trinajstić information content (AvgIpc) is 2.60. The molecule has 1 atom stereocenters. The standard InChI is InChI=1S/C18H22ClNO3/c1-21-15-6-4-5-12(10-15)14(11-20)9-13-7-8-16(22-2)18(23-3)17(13)19/h4-8,10,14H,9,11,20H2,1-3H3. The van der Waals surface area contributed by atoms with Gasteiger partial charge in [-0.1, -0.05) is 29.8 Å². The first-order valence-corrected chi connectivity index (χ1v) is 7.75. The molecule has 2 rings (SSSR count). The van der Waals surface area contributed by atoms with Crippen LogP contribution in [0.4, 0.5) is 0 Å². The van der Waals surface area contributed by atoms with E-state index in [9.17, 15) is 0 Å². The molecule has 2 N–H and O–H groups in total. The van der Waals surface area contributed by atoms with Crippen LogP contribution in [0.15, 0.2) is 36.4 Å². The SMILES string of the molecule is COc1cccc(C(CN)Cc2ccc(OC)c(OC)c2Cl)c1. The predicted octanol–water partition coefficient (Wildman–Crippen LogP) is 3.65. The minimum atomic E-state index is 0.140. The summed E-state index contributed by atoms with van der Waals surface area (Å²) in [5, 5.41) is 0.563. The molecule has 4 nitrogen and oxygen atoms in total. The lowest BCUT2D eigenvalue weighted by Crippen LogP contribution is -2.15. The van der Waals surface area contributed by atoms with Crippen molar-refractivity contribution < 1.29 is 14.2 Å². The van der Waals surface area contributed by atoms with Crippen molar-refractivity contribution in [3.05, 3.63) is 52.5 Å². The fourth-order valence-corrected chi connectivity index (χ4v) is 2.90. The third kappa shape index (κ3) is 3.89. The van der Waals surface area contributed by atoms with E-state index in [1.165, 1.54) is 0 Å². The van der Waals surface area contributed by atoms with Gasteiger partial charge in [0, 0.05) is 5.92 Å². The smallest absolute Gasteiger partial charge is 0.179 e. The van der Waals surface area contributed by atoms with Crippen LogP contribution in [0.5, 0.6) is 17.2 Å². The Hall–Kier alpha value is -1.91. The highest BCUT2D eigenvalue weighted by atomic mass is 35.5. The van der Waals surface area contributed by atoms with Crippen molar-refractivity contribution >= 4 is 11.6 Å². The summed E-state index contributed by atoms with van der Waals surface area (Å²) in [5.74, 6) is 2.13. The van der Waals surface area contributed by atoms with Gasteiger partial charge in [0.25, 0.3) is 0 Å². The van der Waals surface area contributed by atoms with Crippen molar-refractivity contribution in [3.63, 3.8) is 0 Å². The molecule has 1 unspecified atom stereocenters. The summed E-state index contributed by atoms with van der Waals surface area (Å²) < 4.78 is 15.9. The van der Waals surface area contributed by atoms with E-state index in [1.54, 1.807) is 21.3 Å². The summed E-state index contributed by atoms with van der Waals surface area (Å²) in [6, 6.07) is 11.8. The van der Waals surface area contributed by atoms with Crippen molar-refractivity contribution in [1.29, 1.82) is 0 Å². The summed E-state index contributed by atoms with van der Waals surface area (Å²) in [4.78, 5) is 0. The summed E-state index contributed by atoms with van der Waals surface area (Å²) in [5.41, 5.74) is 8.08. The Balaban J connectivity index is 2.31. The Morgan fingerprint density at radius 2 is 1.83 bits per heavy atom. The molecule has 0 saturated carbocycles. The van der Waals surface area contributed by atoms with Crippen molar-refractivity contribution in [2.24, 2.45) is 5.73 Å². The number of hydrogen-bond acceptors (Lipinski definition) is 4. The van der Waals surface area contributed by atoms with E-state index >= 15 is 0 Å². The molecule has 0 heterocycles. The lowest BCUT2D eigenvalue weighted by molar-refractivity contribution is 0.354. The highest BCUT2D eigenvalue weighted by Gasteiger charge is 2.18. The first-order valence-electron chi connectivity index (χ1n) is 7.38. The minimum absolute atomic E-state index is 0.140. The van der Waals surface area contributed by atoms with Crippen LogP contribution in [-0.2, 0) is 6.42 Å². The maximum Gasteiger partial charge on any atom is 0.179 e. The fourth-order valence-electron chi connectivity index (χ4n) is 2.59. The van der Waals surface area contributed by atoms with E-state index in [2.05, 4.69) is 6.07 Å². The van der Waals surface area contributed by atoms with Gasteiger partial charge in [0.15, 0.2) is 11.5 Å². The molecule has 0 radical (unpaired) electrons. The molecule has 0 amide bonds. The number of halogens is 1. The Bertz CT molecular complexity index is 661. The molecular weight excluding hydrogens is 314 g/mol. The van der Waals surface area contributed by atoms with Crippen LogP contribution >= 0.6 is 11.6 Å². The molecule has 0 saturated heterocycles. The number of rotatable bonds is 7. The molecule has 2 aromatic rings. The largest absolute Gasteiger partial charge is 0.497 e. The van der Waals surface area contributed by atoms with Crippen LogP contribution in [0.1, 0.15) is 17.0 Å². The third-order valence-corrected chi connectivity index (χ3v) is 4.30. The topological polar surface area (TPSA) is 53.7 Å². The van der Waals surface area contributed by atoms with Crippen LogP contribution in [0.2, 0.25) is 5.02 Å². The molecule has 0 spiro atoms. The molecule has 0 bridgehead atoms. The van der Waals surface area contributed by atoms with E-state index in [1.807, 2.05) is 30.3 Å². The monoisotopic (exact) mass is 335 g/mol. The van der Waals surface area contributed by atoms with Gasteiger partial charge in [-0.3, -0.25) is 0 Å². The summed E-state index contributed by atoms with van der Waals surface area (Å²) in [6.07, 6.45) is 0.711. The Kier molecular flexibility index (Phi) is 6.13.